The highest BCUT2D eigenvalue weighted by molar-refractivity contribution is 5.23. The highest BCUT2D eigenvalue weighted by Gasteiger charge is 2.22. The molecule has 0 saturated heterocycles. The van der Waals surface area contributed by atoms with Gasteiger partial charge < -0.3 is 5.11 Å². The van der Waals surface area contributed by atoms with Crippen molar-refractivity contribution in [2.24, 2.45) is 11.8 Å². The molecule has 2 atom stereocenters. The molecule has 0 heterocycles. The number of hydrogen-bond donors (Lipinski definition) is 1. The molecule has 1 aliphatic carbocycles. The van der Waals surface area contributed by atoms with Crippen LogP contribution < -0.4 is 0 Å². The number of allylic oxidation sites excluding steroid dienone is 3. The van der Waals surface area contributed by atoms with Crippen LogP contribution in [0.2, 0.25) is 0 Å². The van der Waals surface area contributed by atoms with Crippen molar-refractivity contribution in [3.63, 3.8) is 0 Å². The van der Waals surface area contributed by atoms with Crippen LogP contribution in [0, 0.1) is 11.8 Å². The SMILES string of the molecule is CC/C(C)=C1\C[C@H](C)CC[C@H]1/C=C(/C)CO. The van der Waals surface area contributed by atoms with Crippen LogP contribution in [0.3, 0.4) is 0 Å². The highest BCUT2D eigenvalue weighted by atomic mass is 16.3. The summed E-state index contributed by atoms with van der Waals surface area (Å²) in [4.78, 5) is 0. The van der Waals surface area contributed by atoms with E-state index in [4.69, 9.17) is 5.11 Å². The number of aliphatic hydroxyl groups excluding tert-OH is 1. The van der Waals surface area contributed by atoms with Crippen LogP contribution in [0.15, 0.2) is 22.8 Å². The Hall–Kier alpha value is -0.560. The average Bonchev–Trinajstić information content (AvgIpc) is 2.30. The molecule has 0 amide bonds. The average molecular weight is 222 g/mol. The predicted octanol–water partition coefficient (Wildman–Crippen LogP) is 4.09. The Morgan fingerprint density at radius 2 is 2.06 bits per heavy atom. The fraction of sp³-hybridized carbons (Fsp3) is 0.733. The molecule has 0 radical (unpaired) electrons. The topological polar surface area (TPSA) is 20.2 Å². The smallest absolute Gasteiger partial charge is 0.0639 e. The molecular weight excluding hydrogens is 196 g/mol. The molecule has 1 saturated carbocycles. The van der Waals surface area contributed by atoms with E-state index in [2.05, 4.69) is 26.8 Å². The van der Waals surface area contributed by atoms with Gasteiger partial charge in [0.1, 0.15) is 0 Å². The molecule has 0 spiro atoms. The fourth-order valence-corrected chi connectivity index (χ4v) is 2.57. The second-order valence-electron chi connectivity index (χ2n) is 5.32. The summed E-state index contributed by atoms with van der Waals surface area (Å²) in [6.45, 7) is 9.08. The lowest BCUT2D eigenvalue weighted by Gasteiger charge is -2.30. The maximum Gasteiger partial charge on any atom is 0.0639 e. The van der Waals surface area contributed by atoms with E-state index in [1.54, 1.807) is 11.1 Å². The summed E-state index contributed by atoms with van der Waals surface area (Å²) in [6, 6.07) is 0. The minimum Gasteiger partial charge on any atom is -0.392 e. The summed E-state index contributed by atoms with van der Waals surface area (Å²) in [7, 11) is 0. The molecule has 1 heteroatoms. The van der Waals surface area contributed by atoms with Crippen molar-refractivity contribution in [2.75, 3.05) is 6.61 Å². The molecule has 0 unspecified atom stereocenters. The van der Waals surface area contributed by atoms with E-state index in [-0.39, 0.29) is 6.61 Å². The van der Waals surface area contributed by atoms with Crippen LogP contribution in [-0.4, -0.2) is 11.7 Å². The Balaban J connectivity index is 2.89. The molecule has 1 nitrogen and oxygen atoms in total. The lowest BCUT2D eigenvalue weighted by molar-refractivity contribution is 0.328. The van der Waals surface area contributed by atoms with Crippen molar-refractivity contribution in [3.8, 4) is 0 Å². The first-order valence-electron chi connectivity index (χ1n) is 6.55. The summed E-state index contributed by atoms with van der Waals surface area (Å²) >= 11 is 0. The third-order valence-electron chi connectivity index (χ3n) is 3.80. The van der Waals surface area contributed by atoms with Gasteiger partial charge in [0.05, 0.1) is 6.61 Å². The Labute approximate surface area is 100 Å². The van der Waals surface area contributed by atoms with Gasteiger partial charge in [-0.25, -0.2) is 0 Å². The predicted molar refractivity (Wildman–Crippen MR) is 70.3 cm³/mol. The number of aliphatic hydroxyl groups is 1. The molecule has 1 N–H and O–H groups in total. The van der Waals surface area contributed by atoms with E-state index in [0.29, 0.717) is 5.92 Å². The molecule has 0 bridgehead atoms. The monoisotopic (exact) mass is 222 g/mol. The first kappa shape index (κ1) is 13.5. The van der Waals surface area contributed by atoms with Gasteiger partial charge in [-0.3, -0.25) is 0 Å². The standard InChI is InChI=1S/C15H26O/c1-5-13(4)15-9-11(2)6-7-14(15)8-12(3)10-16/h8,11,14,16H,5-7,9-10H2,1-4H3/b12-8-,15-13+/t11-,14+/m1/s1. The van der Waals surface area contributed by atoms with Gasteiger partial charge in [-0.15, -0.1) is 0 Å². The minimum atomic E-state index is 0.199. The van der Waals surface area contributed by atoms with Crippen molar-refractivity contribution < 1.29 is 5.11 Å². The Bertz CT molecular complexity index is 286. The Kier molecular flexibility index (Phi) is 5.27. The summed E-state index contributed by atoms with van der Waals surface area (Å²) < 4.78 is 0. The largest absolute Gasteiger partial charge is 0.392 e. The zero-order chi connectivity index (χ0) is 12.1. The van der Waals surface area contributed by atoms with E-state index >= 15 is 0 Å². The fourth-order valence-electron chi connectivity index (χ4n) is 2.57. The molecule has 1 aliphatic rings. The maximum absolute atomic E-state index is 9.12. The zero-order valence-corrected chi connectivity index (χ0v) is 11.2. The van der Waals surface area contributed by atoms with Crippen molar-refractivity contribution in [1.29, 1.82) is 0 Å². The van der Waals surface area contributed by atoms with Gasteiger partial charge in [-0.2, -0.15) is 0 Å². The minimum absolute atomic E-state index is 0.199. The maximum atomic E-state index is 9.12. The third kappa shape index (κ3) is 3.48. The van der Waals surface area contributed by atoms with Crippen LogP contribution in [0.25, 0.3) is 0 Å². The number of rotatable bonds is 3. The second-order valence-corrected chi connectivity index (χ2v) is 5.32. The van der Waals surface area contributed by atoms with E-state index in [9.17, 15) is 0 Å². The summed E-state index contributed by atoms with van der Waals surface area (Å²) in [6.07, 6.45) is 7.26. The third-order valence-corrected chi connectivity index (χ3v) is 3.80. The lowest BCUT2D eigenvalue weighted by Crippen LogP contribution is -2.16. The van der Waals surface area contributed by atoms with Gasteiger partial charge in [-0.1, -0.05) is 36.6 Å². The highest BCUT2D eigenvalue weighted by Crippen LogP contribution is 2.37. The second kappa shape index (κ2) is 6.24. The van der Waals surface area contributed by atoms with E-state index < -0.39 is 0 Å². The first-order chi connectivity index (χ1) is 7.58. The molecule has 1 fully saturated rings. The quantitative estimate of drug-likeness (QED) is 0.713. The summed E-state index contributed by atoms with van der Waals surface area (Å²) in [5.41, 5.74) is 4.30. The Morgan fingerprint density at radius 3 is 2.62 bits per heavy atom. The van der Waals surface area contributed by atoms with Crippen molar-refractivity contribution >= 4 is 0 Å². The summed E-state index contributed by atoms with van der Waals surface area (Å²) in [5, 5.41) is 9.12. The van der Waals surface area contributed by atoms with Crippen LogP contribution >= 0.6 is 0 Å². The summed E-state index contributed by atoms with van der Waals surface area (Å²) in [5.74, 6) is 1.42. The van der Waals surface area contributed by atoms with Gasteiger partial charge in [0.25, 0.3) is 0 Å². The van der Waals surface area contributed by atoms with Gasteiger partial charge in [-0.05, 0) is 51.4 Å². The van der Waals surface area contributed by atoms with E-state index in [1.807, 2.05) is 6.92 Å². The lowest BCUT2D eigenvalue weighted by atomic mass is 9.76. The van der Waals surface area contributed by atoms with E-state index in [0.717, 1.165) is 17.9 Å². The molecule has 16 heavy (non-hydrogen) atoms. The van der Waals surface area contributed by atoms with Crippen molar-refractivity contribution in [1.82, 2.24) is 0 Å². The molecule has 0 aromatic heterocycles. The van der Waals surface area contributed by atoms with Gasteiger partial charge in [0.15, 0.2) is 0 Å². The molecular formula is C15H26O. The van der Waals surface area contributed by atoms with Crippen LogP contribution in [0.1, 0.15) is 53.4 Å². The zero-order valence-electron chi connectivity index (χ0n) is 11.2. The van der Waals surface area contributed by atoms with Gasteiger partial charge in [0.2, 0.25) is 0 Å². The van der Waals surface area contributed by atoms with E-state index in [1.165, 1.54) is 19.3 Å². The van der Waals surface area contributed by atoms with Crippen LogP contribution in [0.4, 0.5) is 0 Å². The van der Waals surface area contributed by atoms with Crippen molar-refractivity contribution in [3.05, 3.63) is 22.8 Å². The van der Waals surface area contributed by atoms with Crippen LogP contribution in [-0.2, 0) is 0 Å². The van der Waals surface area contributed by atoms with Gasteiger partial charge >= 0.3 is 0 Å². The molecule has 92 valence electrons. The molecule has 1 rings (SSSR count). The van der Waals surface area contributed by atoms with Gasteiger partial charge in [0, 0.05) is 0 Å². The van der Waals surface area contributed by atoms with Crippen molar-refractivity contribution in [2.45, 2.75) is 53.4 Å². The molecule has 0 aliphatic heterocycles. The normalized spacial score (nSPS) is 30.4. The van der Waals surface area contributed by atoms with Crippen LogP contribution in [0.5, 0.6) is 0 Å². The molecule has 0 aromatic carbocycles. The first-order valence-corrected chi connectivity index (χ1v) is 6.55. The molecule has 0 aromatic rings. The number of hydrogen-bond acceptors (Lipinski definition) is 1. The Morgan fingerprint density at radius 1 is 1.38 bits per heavy atom.